The van der Waals surface area contributed by atoms with Crippen LogP contribution < -0.4 is 35.7 Å². The lowest BCUT2D eigenvalue weighted by Crippen LogP contribution is -2.77. The van der Waals surface area contributed by atoms with Gasteiger partial charge in [-0.3, -0.25) is 4.99 Å². The van der Waals surface area contributed by atoms with Crippen LogP contribution in [0.1, 0.15) is 115 Å². The Morgan fingerprint density at radius 3 is 0.917 bits per heavy atom. The summed E-state index contributed by atoms with van der Waals surface area (Å²) in [6, 6.07) is 79.5. The summed E-state index contributed by atoms with van der Waals surface area (Å²) in [5.41, 5.74) is 9.16. The second-order valence-electron chi connectivity index (χ2n) is 20.2. The molecule has 0 spiro atoms. The molecule has 8 aromatic carbocycles. The van der Waals surface area contributed by atoms with Gasteiger partial charge in [-0.25, -0.2) is 0 Å². The van der Waals surface area contributed by atoms with E-state index in [1.54, 1.807) is 0 Å². The van der Waals surface area contributed by atoms with Crippen molar-refractivity contribution in [1.82, 2.24) is 0 Å². The Bertz CT molecular complexity index is 2680. The molecular weight excluding hydrogens is 925 g/mol. The van der Waals surface area contributed by atoms with Gasteiger partial charge in [-0.1, -0.05) is 274 Å². The number of allylic oxidation sites excluding steroid dienone is 2. The minimum absolute atomic E-state index is 0.184. The lowest BCUT2D eigenvalue weighted by Gasteiger charge is -2.46. The van der Waals surface area contributed by atoms with E-state index in [-0.39, 0.29) is 11.8 Å². The normalized spacial score (nSPS) is 12.7. The number of nitrogens with zero attached hydrogens (tertiary/aromatic N) is 2. The van der Waals surface area contributed by atoms with Gasteiger partial charge in [-0.2, -0.15) is 0 Å². The Labute approximate surface area is 435 Å². The van der Waals surface area contributed by atoms with Crippen molar-refractivity contribution >= 4 is 74.3 Å². The molecule has 0 aliphatic rings. The third-order valence-corrected chi connectivity index (χ3v) is 26.3. The van der Waals surface area contributed by atoms with Crippen LogP contribution in [-0.2, 0) is 8.23 Å². The predicted molar refractivity (Wildman–Crippen MR) is 316 cm³/mol. The van der Waals surface area contributed by atoms with E-state index in [0.717, 1.165) is 53.9 Å². The molecule has 0 radical (unpaired) electrons. The van der Waals surface area contributed by atoms with Crippen molar-refractivity contribution in [2.24, 2.45) is 4.99 Å². The van der Waals surface area contributed by atoms with Gasteiger partial charge in [0.05, 0.1) is 5.69 Å². The zero-order valence-corrected chi connectivity index (χ0v) is 47.1. The first-order chi connectivity index (χ1) is 34.9. The Morgan fingerprint density at radius 1 is 0.389 bits per heavy atom. The molecule has 7 heteroatoms. The SMILES string of the molecule is CC(/C=C(\C)N(c1c(C(C)C)cccc1C(C)C)[SiH](O[Si](c1ccccc1)(c1ccccc1)c1ccccc1)O[Si](c1ccccc1)(c1ccccc1)c1ccccc1)=Nc1c(C(C)C)cccc1C(C)C. The third-order valence-electron chi connectivity index (χ3n) is 13.9. The Hall–Kier alpha value is -6.46. The van der Waals surface area contributed by atoms with E-state index in [2.05, 4.69) is 298 Å². The molecule has 72 heavy (non-hydrogen) atoms. The molecule has 0 saturated carbocycles. The molecular formula is C65H72N2O2Si3. The second-order valence-corrected chi connectivity index (χ2v) is 29.4. The Morgan fingerprint density at radius 2 is 0.653 bits per heavy atom. The van der Waals surface area contributed by atoms with Crippen molar-refractivity contribution < 1.29 is 8.23 Å². The van der Waals surface area contributed by atoms with Gasteiger partial charge in [0.2, 0.25) is 0 Å². The number of rotatable bonds is 19. The highest BCUT2D eigenvalue weighted by Crippen LogP contribution is 2.40. The van der Waals surface area contributed by atoms with E-state index in [9.17, 15) is 0 Å². The smallest absolute Gasteiger partial charge is 0.411 e. The van der Waals surface area contributed by atoms with Crippen molar-refractivity contribution in [2.45, 2.75) is 92.9 Å². The van der Waals surface area contributed by atoms with Crippen LogP contribution in [0.25, 0.3) is 0 Å². The van der Waals surface area contributed by atoms with Gasteiger partial charge < -0.3 is 12.8 Å². The van der Waals surface area contributed by atoms with Crippen molar-refractivity contribution in [3.8, 4) is 0 Å². The first-order valence-corrected chi connectivity index (χ1v) is 31.1. The average Bonchev–Trinajstić information content (AvgIpc) is 3.40. The zero-order chi connectivity index (χ0) is 50.8. The first-order valence-electron chi connectivity index (χ1n) is 25.8. The Kier molecular flexibility index (Phi) is 16.9. The summed E-state index contributed by atoms with van der Waals surface area (Å²) in [4.78, 5) is 5.59. The maximum Gasteiger partial charge on any atom is 0.427 e. The topological polar surface area (TPSA) is 34.1 Å². The quantitative estimate of drug-likeness (QED) is 0.0460. The van der Waals surface area contributed by atoms with Crippen molar-refractivity contribution in [3.05, 3.63) is 252 Å². The van der Waals surface area contributed by atoms with Crippen LogP contribution >= 0.6 is 0 Å². The van der Waals surface area contributed by atoms with Gasteiger partial charge in [0.25, 0.3) is 16.6 Å². The van der Waals surface area contributed by atoms with E-state index in [4.69, 9.17) is 13.2 Å². The molecule has 8 rings (SSSR count). The molecule has 0 bridgehead atoms. The third kappa shape index (κ3) is 10.8. The molecule has 0 unspecified atom stereocenters. The van der Waals surface area contributed by atoms with Gasteiger partial charge in [0.1, 0.15) is 0 Å². The maximum atomic E-state index is 8.76. The molecule has 366 valence electrons. The maximum absolute atomic E-state index is 8.76. The summed E-state index contributed by atoms with van der Waals surface area (Å²) < 4.78 is 20.1. The summed E-state index contributed by atoms with van der Waals surface area (Å²) in [5, 5.41) is 6.93. The molecule has 0 N–H and O–H groups in total. The highest BCUT2D eigenvalue weighted by molar-refractivity contribution is 7.12. The summed E-state index contributed by atoms with van der Waals surface area (Å²) >= 11 is 0. The van der Waals surface area contributed by atoms with E-state index in [0.29, 0.717) is 11.8 Å². The van der Waals surface area contributed by atoms with Crippen LogP contribution in [0, 0.1) is 0 Å². The molecule has 0 aliphatic carbocycles. The highest BCUT2D eigenvalue weighted by Gasteiger charge is 2.52. The number of hydrogen-bond donors (Lipinski definition) is 0. The number of hydrogen-bond acceptors (Lipinski definition) is 4. The van der Waals surface area contributed by atoms with Crippen LogP contribution in [0.3, 0.4) is 0 Å². The molecule has 0 aliphatic heterocycles. The number of aliphatic imine (C=N–C) groups is 1. The fourth-order valence-corrected chi connectivity index (χ4v) is 24.4. The largest absolute Gasteiger partial charge is 0.427 e. The molecule has 0 aromatic heterocycles. The summed E-state index contributed by atoms with van der Waals surface area (Å²) in [5.74, 6) is 0.981. The average molecular weight is 998 g/mol. The number of benzene rings is 8. The molecule has 0 amide bonds. The van der Waals surface area contributed by atoms with Gasteiger partial charge in [-0.15, -0.1) is 0 Å². The van der Waals surface area contributed by atoms with E-state index < -0.39 is 26.1 Å². The minimum Gasteiger partial charge on any atom is -0.411 e. The monoisotopic (exact) mass is 996 g/mol. The molecule has 4 nitrogen and oxygen atoms in total. The fraction of sp³-hybridized carbons (Fsp3) is 0.215. The van der Waals surface area contributed by atoms with Crippen LogP contribution in [0.5, 0.6) is 0 Å². The van der Waals surface area contributed by atoms with Crippen LogP contribution in [0.2, 0.25) is 0 Å². The Balaban J connectivity index is 1.54. The van der Waals surface area contributed by atoms with Crippen LogP contribution in [0.15, 0.2) is 235 Å². The van der Waals surface area contributed by atoms with Crippen LogP contribution in [0.4, 0.5) is 11.4 Å². The van der Waals surface area contributed by atoms with Crippen molar-refractivity contribution in [1.29, 1.82) is 0 Å². The van der Waals surface area contributed by atoms with E-state index in [1.165, 1.54) is 22.3 Å². The zero-order valence-electron chi connectivity index (χ0n) is 44.0. The molecule has 8 aromatic rings. The number of para-hydroxylation sites is 2. The lowest BCUT2D eigenvalue weighted by atomic mass is 9.92. The van der Waals surface area contributed by atoms with Gasteiger partial charge in [-0.05, 0) is 97.0 Å². The van der Waals surface area contributed by atoms with Gasteiger partial charge in [0.15, 0.2) is 0 Å². The highest BCUT2D eigenvalue weighted by atomic mass is 28.5. The number of anilines is 1. The van der Waals surface area contributed by atoms with Crippen molar-refractivity contribution in [2.75, 3.05) is 4.57 Å². The fourth-order valence-electron chi connectivity index (χ4n) is 10.3. The van der Waals surface area contributed by atoms with Gasteiger partial charge in [0, 0.05) is 17.1 Å². The van der Waals surface area contributed by atoms with Crippen molar-refractivity contribution in [3.63, 3.8) is 0 Å². The molecule has 0 heterocycles. The minimum atomic E-state index is -3.50. The summed E-state index contributed by atoms with van der Waals surface area (Å²) in [6.45, 7) is 22.7. The first kappa shape index (κ1) is 51.9. The van der Waals surface area contributed by atoms with E-state index in [1.807, 2.05) is 0 Å². The molecule has 0 atom stereocenters. The summed E-state index contributed by atoms with van der Waals surface area (Å²) in [7, 11) is -10.4. The lowest BCUT2D eigenvalue weighted by molar-refractivity contribution is 0.432. The summed E-state index contributed by atoms with van der Waals surface area (Å²) in [6.07, 6.45) is 2.29. The van der Waals surface area contributed by atoms with E-state index >= 15 is 0 Å². The molecule has 0 saturated heterocycles. The van der Waals surface area contributed by atoms with Crippen LogP contribution in [-0.4, -0.2) is 31.8 Å². The molecule has 0 fully saturated rings. The standard InChI is InChI=1S/C65H72N2O2Si3/c1-48(2)60-43-29-44-61(49(3)4)64(60)66-52(9)47-53(10)67(65-62(50(5)6)45-30-46-63(65)51(7)8)70(68-71(54-31-17-11-18-32-54,55-33-19-12-20-34-55)56-35-21-13-22-36-56)69-72(57-37-23-14-24-38-57,58-39-25-15-26-40-58)59-41-27-16-28-42-59/h11-51,70H,1-10H3/b53-47+,66-52?. The van der Waals surface area contributed by atoms with Gasteiger partial charge >= 0.3 is 9.45 Å². The second kappa shape index (κ2) is 23.4. The predicted octanol–water partition coefficient (Wildman–Crippen LogP) is 12.8.